The molecule has 4 aromatic rings. The van der Waals surface area contributed by atoms with Crippen molar-refractivity contribution in [2.45, 2.75) is 12.4 Å². The molecule has 0 saturated carbocycles. The largest absolute Gasteiger partial charge is 0.457 e. The number of nitro groups is 1. The molecule has 0 fully saturated rings. The number of carbonyl (C=O) groups is 1. The van der Waals surface area contributed by atoms with Crippen LogP contribution in [0.2, 0.25) is 0 Å². The Kier molecular flexibility index (Phi) is 9.04. The van der Waals surface area contributed by atoms with E-state index in [4.69, 9.17) is 13.8 Å². The summed E-state index contributed by atoms with van der Waals surface area (Å²) in [5.74, 6) is -1.05. The molecule has 10 nitrogen and oxygen atoms in total. The van der Waals surface area contributed by atoms with Gasteiger partial charge in [0.15, 0.2) is 5.78 Å². The van der Waals surface area contributed by atoms with E-state index in [9.17, 15) is 19.5 Å². The Balaban J connectivity index is 1.77. The Morgan fingerprint density at radius 2 is 1.40 bits per heavy atom. The van der Waals surface area contributed by atoms with Crippen LogP contribution in [0.15, 0.2) is 109 Å². The fraction of sp³-hybridized carbons (Fsp3) is 0.138. The third-order valence-electron chi connectivity index (χ3n) is 5.73. The number of anilines is 1. The molecule has 40 heavy (non-hydrogen) atoms. The van der Waals surface area contributed by atoms with Crippen molar-refractivity contribution in [2.75, 3.05) is 19.0 Å². The molecule has 4 aromatic carbocycles. The maximum atomic E-state index is 14.7. The molecule has 1 amide bonds. The summed E-state index contributed by atoms with van der Waals surface area (Å²) in [4.78, 5) is 26.0. The Hall–Kier alpha value is -4.82. The van der Waals surface area contributed by atoms with Crippen LogP contribution in [0, 0.1) is 10.1 Å². The minimum Gasteiger partial charge on any atom is -0.445 e. The number of nitrogens with zero attached hydrogens (tertiary/aromatic N) is 2. The van der Waals surface area contributed by atoms with Crippen LogP contribution in [0.5, 0.6) is 11.5 Å². The first-order valence-corrected chi connectivity index (χ1v) is 13.9. The fourth-order valence-corrected chi connectivity index (χ4v) is 5.71. The number of hydrogen-bond donors (Lipinski definition) is 1. The Morgan fingerprint density at radius 3 is 1.90 bits per heavy atom. The van der Waals surface area contributed by atoms with Crippen LogP contribution in [0.3, 0.4) is 0 Å². The number of benzene rings is 4. The van der Waals surface area contributed by atoms with Crippen LogP contribution in [-0.4, -0.2) is 25.1 Å². The molecule has 1 atom stereocenters. The smallest absolute Gasteiger partial charge is 0.445 e. The van der Waals surface area contributed by atoms with Gasteiger partial charge in [0.05, 0.1) is 4.92 Å². The highest BCUT2D eigenvalue weighted by molar-refractivity contribution is 7.55. The molecule has 0 radical (unpaired) electrons. The topological polar surface area (TPSA) is 120 Å². The highest BCUT2D eigenvalue weighted by Crippen LogP contribution is 2.59. The van der Waals surface area contributed by atoms with Crippen molar-refractivity contribution < 1.29 is 28.1 Å². The summed E-state index contributed by atoms with van der Waals surface area (Å²) in [6.45, 7) is -0.0531. The number of rotatable bonds is 11. The first-order chi connectivity index (χ1) is 19.2. The van der Waals surface area contributed by atoms with E-state index in [0.717, 1.165) is 5.56 Å². The quantitative estimate of drug-likeness (QED) is 0.119. The van der Waals surface area contributed by atoms with Gasteiger partial charge in [-0.1, -0.05) is 72.8 Å². The second kappa shape index (κ2) is 12.8. The van der Waals surface area contributed by atoms with Gasteiger partial charge in [0.2, 0.25) is 0 Å². The van der Waals surface area contributed by atoms with Gasteiger partial charge in [-0.2, -0.15) is 0 Å². The van der Waals surface area contributed by atoms with Crippen LogP contribution in [0.25, 0.3) is 0 Å². The molecule has 1 unspecified atom stereocenters. The van der Waals surface area contributed by atoms with Gasteiger partial charge in [0.25, 0.3) is 5.69 Å². The van der Waals surface area contributed by atoms with Crippen molar-refractivity contribution in [3.63, 3.8) is 0 Å². The van der Waals surface area contributed by atoms with Gasteiger partial charge in [-0.25, -0.2) is 9.36 Å². The molecule has 1 N–H and O–H groups in total. The lowest BCUT2D eigenvalue weighted by Crippen LogP contribution is -2.31. The molecule has 206 valence electrons. The van der Waals surface area contributed by atoms with Crippen molar-refractivity contribution in [1.82, 2.24) is 5.32 Å². The lowest BCUT2D eigenvalue weighted by molar-refractivity contribution is -0.384. The summed E-state index contributed by atoms with van der Waals surface area (Å²) in [7, 11) is -1.05. The second-order valence-corrected chi connectivity index (χ2v) is 10.8. The number of para-hydroxylation sites is 2. The minimum absolute atomic E-state index is 0.0531. The van der Waals surface area contributed by atoms with Gasteiger partial charge in [-0.3, -0.25) is 10.1 Å². The van der Waals surface area contributed by atoms with E-state index in [1.807, 2.05) is 6.07 Å². The molecular formula is C29H28N3O7P. The normalized spacial score (nSPS) is 11.7. The molecule has 0 aliphatic carbocycles. The summed E-state index contributed by atoms with van der Waals surface area (Å²) < 4.78 is 32.0. The fourth-order valence-electron chi connectivity index (χ4n) is 3.84. The van der Waals surface area contributed by atoms with Gasteiger partial charge in [-0.15, -0.1) is 0 Å². The predicted octanol–water partition coefficient (Wildman–Crippen LogP) is 6.94. The summed E-state index contributed by atoms with van der Waals surface area (Å²) in [5.41, 5.74) is 0.938. The molecule has 0 spiro atoms. The minimum atomic E-state index is -4.38. The Labute approximate surface area is 231 Å². The number of nitro benzene ring substituents is 1. The van der Waals surface area contributed by atoms with Gasteiger partial charge in [-0.05, 0) is 41.5 Å². The van der Waals surface area contributed by atoms with E-state index in [-0.39, 0.29) is 29.4 Å². The zero-order valence-electron chi connectivity index (χ0n) is 21.9. The monoisotopic (exact) mass is 561 g/mol. The Bertz CT molecular complexity index is 1440. The number of nitrogens with one attached hydrogen (secondary N) is 1. The number of ether oxygens (including phenoxy) is 1. The van der Waals surface area contributed by atoms with E-state index in [0.29, 0.717) is 5.69 Å². The first kappa shape index (κ1) is 28.2. The van der Waals surface area contributed by atoms with E-state index < -0.39 is 24.4 Å². The zero-order chi connectivity index (χ0) is 28.5. The number of alkyl carbamates (subject to hydrolysis) is 1. The highest BCUT2D eigenvalue weighted by atomic mass is 31.2. The summed E-state index contributed by atoms with van der Waals surface area (Å²) >= 11 is 0. The summed E-state index contributed by atoms with van der Waals surface area (Å²) in [5, 5.41) is 14.5. The lowest BCUT2D eigenvalue weighted by Gasteiger charge is -2.28. The first-order valence-electron chi connectivity index (χ1n) is 12.3. The van der Waals surface area contributed by atoms with Crippen LogP contribution < -0.4 is 19.3 Å². The summed E-state index contributed by atoms with van der Waals surface area (Å²) in [6, 6.07) is 29.9. The molecule has 0 aliphatic rings. The van der Waals surface area contributed by atoms with Crippen molar-refractivity contribution in [1.29, 1.82) is 0 Å². The van der Waals surface area contributed by atoms with E-state index in [2.05, 4.69) is 5.32 Å². The average Bonchev–Trinajstić information content (AvgIpc) is 2.96. The van der Waals surface area contributed by atoms with E-state index >= 15 is 0 Å². The molecule has 0 aliphatic heterocycles. The predicted molar refractivity (Wildman–Crippen MR) is 152 cm³/mol. The standard InChI is InChI=1S/C29H28N3O7P/c1-31(2)26-19-18-23(20-27(26)32(34)35)28(30-29(33)37-21-22-12-6-3-7-13-22)40(36,38-24-14-8-4-9-15-24)39-25-16-10-5-11-17-25/h3-20,28H,21H2,1-2H3,(H,30,33). The molecule has 0 bridgehead atoms. The molecule has 0 saturated heterocycles. The zero-order valence-corrected chi connectivity index (χ0v) is 22.8. The molecular weight excluding hydrogens is 533 g/mol. The van der Waals surface area contributed by atoms with Crippen LogP contribution in [-0.2, 0) is 15.9 Å². The Morgan fingerprint density at radius 1 is 0.875 bits per heavy atom. The van der Waals surface area contributed by atoms with Crippen molar-refractivity contribution in [3.05, 3.63) is 130 Å². The maximum Gasteiger partial charge on any atom is 0.457 e. The SMILES string of the molecule is CN(C)c1ccc(C(NC(=O)OCc2ccccc2)P(=O)(Oc2ccccc2)Oc2ccccc2)cc1[N+](=O)[O-]. The second-order valence-electron chi connectivity index (χ2n) is 8.86. The molecule has 4 rings (SSSR count). The number of carbonyl (C=O) groups excluding carboxylic acids is 1. The van der Waals surface area contributed by atoms with Gasteiger partial charge in [0, 0.05) is 20.2 Å². The third kappa shape index (κ3) is 7.18. The van der Waals surface area contributed by atoms with Crippen molar-refractivity contribution in [3.8, 4) is 11.5 Å². The molecule has 0 heterocycles. The number of amides is 1. The maximum absolute atomic E-state index is 14.7. The lowest BCUT2D eigenvalue weighted by atomic mass is 10.1. The highest BCUT2D eigenvalue weighted by Gasteiger charge is 2.43. The van der Waals surface area contributed by atoms with E-state index in [1.54, 1.807) is 104 Å². The number of hydrogen-bond acceptors (Lipinski definition) is 8. The summed E-state index contributed by atoms with van der Waals surface area (Å²) in [6.07, 6.45) is -0.915. The average molecular weight is 562 g/mol. The van der Waals surface area contributed by atoms with Crippen molar-refractivity contribution in [2.24, 2.45) is 0 Å². The molecule has 0 aromatic heterocycles. The van der Waals surface area contributed by atoms with E-state index in [1.165, 1.54) is 18.2 Å². The van der Waals surface area contributed by atoms with Gasteiger partial charge in [0.1, 0.15) is 23.8 Å². The van der Waals surface area contributed by atoms with Crippen molar-refractivity contribution >= 4 is 25.1 Å². The third-order valence-corrected chi connectivity index (χ3v) is 7.72. The van der Waals surface area contributed by atoms with Gasteiger partial charge >= 0.3 is 13.7 Å². The van der Waals surface area contributed by atoms with Crippen LogP contribution >= 0.6 is 7.60 Å². The van der Waals surface area contributed by atoms with Gasteiger partial charge < -0.3 is 24.0 Å². The molecule has 11 heteroatoms. The van der Waals surface area contributed by atoms with Crippen LogP contribution in [0.1, 0.15) is 16.9 Å². The van der Waals surface area contributed by atoms with Crippen LogP contribution in [0.4, 0.5) is 16.2 Å².